The minimum Gasteiger partial charge on any atom is -0.475 e. The predicted octanol–water partition coefficient (Wildman–Crippen LogP) is 2.95. The van der Waals surface area contributed by atoms with Gasteiger partial charge in [0.05, 0.1) is 0 Å². The van der Waals surface area contributed by atoms with Crippen LogP contribution in [0.2, 0.25) is 0 Å². The number of carbonyl (C=O) groups is 1. The Bertz CT molecular complexity index is 213. The van der Waals surface area contributed by atoms with Crippen LogP contribution in [0.15, 0.2) is 0 Å². The molecule has 0 amide bonds. The quantitative estimate of drug-likeness (QED) is 0.815. The third kappa shape index (κ3) is 8.97. The number of rotatable bonds is 3. The summed E-state index contributed by atoms with van der Waals surface area (Å²) in [4.78, 5) is 8.90. The van der Waals surface area contributed by atoms with Gasteiger partial charge >= 0.3 is 12.1 Å². The molecule has 17 heavy (non-hydrogen) atoms. The fourth-order valence-electron chi connectivity index (χ4n) is 1.66. The molecular formula is C11H20F3NO2. The summed E-state index contributed by atoms with van der Waals surface area (Å²) in [6, 6.07) is 0.855. The number of hydrogen-bond acceptors (Lipinski definition) is 2. The molecule has 0 spiro atoms. The van der Waals surface area contributed by atoms with Gasteiger partial charge < -0.3 is 10.4 Å². The smallest absolute Gasteiger partial charge is 0.475 e. The molecule has 1 saturated carbocycles. The average molecular weight is 255 g/mol. The molecule has 1 aliphatic rings. The summed E-state index contributed by atoms with van der Waals surface area (Å²) >= 11 is 0. The van der Waals surface area contributed by atoms with E-state index in [9.17, 15) is 13.2 Å². The van der Waals surface area contributed by atoms with Gasteiger partial charge in [-0.2, -0.15) is 13.2 Å². The van der Waals surface area contributed by atoms with E-state index in [0.29, 0.717) is 0 Å². The van der Waals surface area contributed by atoms with Crippen LogP contribution in [0.4, 0.5) is 13.2 Å². The molecule has 0 bridgehead atoms. The number of hydrogen-bond donors (Lipinski definition) is 2. The SMILES string of the molecule is CCCNC1CCCCC1.O=C(O)C(F)(F)F. The number of carboxylic acids is 1. The molecule has 0 aromatic carbocycles. The maximum Gasteiger partial charge on any atom is 0.490 e. The molecule has 0 radical (unpaired) electrons. The van der Waals surface area contributed by atoms with E-state index in [2.05, 4.69) is 12.2 Å². The molecule has 2 N–H and O–H groups in total. The van der Waals surface area contributed by atoms with Crippen LogP contribution in [0.25, 0.3) is 0 Å². The highest BCUT2D eigenvalue weighted by Gasteiger charge is 2.38. The normalized spacial score (nSPS) is 17.2. The van der Waals surface area contributed by atoms with Crippen molar-refractivity contribution in [3.63, 3.8) is 0 Å². The van der Waals surface area contributed by atoms with Gasteiger partial charge in [0, 0.05) is 6.04 Å². The molecule has 0 saturated heterocycles. The largest absolute Gasteiger partial charge is 0.490 e. The van der Waals surface area contributed by atoms with Crippen molar-refractivity contribution in [2.75, 3.05) is 6.54 Å². The molecular weight excluding hydrogens is 235 g/mol. The summed E-state index contributed by atoms with van der Waals surface area (Å²) in [5.41, 5.74) is 0. The van der Waals surface area contributed by atoms with E-state index >= 15 is 0 Å². The second-order valence-electron chi connectivity index (χ2n) is 4.09. The van der Waals surface area contributed by atoms with Gasteiger partial charge in [-0.3, -0.25) is 0 Å². The number of halogens is 3. The number of carboxylic acid groups (broad SMARTS) is 1. The second kappa shape index (κ2) is 8.33. The van der Waals surface area contributed by atoms with Crippen molar-refractivity contribution >= 4 is 5.97 Å². The lowest BCUT2D eigenvalue weighted by atomic mass is 9.95. The molecule has 0 unspecified atom stereocenters. The highest BCUT2D eigenvalue weighted by molar-refractivity contribution is 5.73. The van der Waals surface area contributed by atoms with E-state index in [-0.39, 0.29) is 0 Å². The van der Waals surface area contributed by atoms with Crippen molar-refractivity contribution in [1.29, 1.82) is 0 Å². The Morgan fingerprint density at radius 2 is 1.76 bits per heavy atom. The molecule has 1 fully saturated rings. The summed E-state index contributed by atoms with van der Waals surface area (Å²) in [6.45, 7) is 3.44. The van der Waals surface area contributed by atoms with Crippen LogP contribution < -0.4 is 5.32 Å². The molecule has 0 aromatic heterocycles. The summed E-state index contributed by atoms with van der Waals surface area (Å²) in [6.07, 6.45) is 3.38. The fourth-order valence-corrected chi connectivity index (χ4v) is 1.66. The maximum atomic E-state index is 10.6. The fraction of sp³-hybridized carbons (Fsp3) is 0.909. The van der Waals surface area contributed by atoms with Gasteiger partial charge in [-0.05, 0) is 25.8 Å². The van der Waals surface area contributed by atoms with Crippen molar-refractivity contribution in [2.24, 2.45) is 0 Å². The average Bonchev–Trinajstić information content (AvgIpc) is 2.27. The van der Waals surface area contributed by atoms with Gasteiger partial charge in [0.25, 0.3) is 0 Å². The zero-order valence-electron chi connectivity index (χ0n) is 10.0. The topological polar surface area (TPSA) is 49.3 Å². The monoisotopic (exact) mass is 255 g/mol. The molecule has 102 valence electrons. The van der Waals surface area contributed by atoms with Crippen molar-refractivity contribution in [1.82, 2.24) is 5.32 Å². The first-order valence-electron chi connectivity index (χ1n) is 5.91. The zero-order chi connectivity index (χ0) is 13.3. The standard InChI is InChI=1S/C9H19N.C2HF3O2/c1-2-8-10-9-6-4-3-5-7-9;3-2(4,5)1(6)7/h9-10H,2-8H2,1H3;(H,6,7). The minimum atomic E-state index is -5.08. The maximum absolute atomic E-state index is 10.6. The Labute approximate surface area is 99.4 Å². The van der Waals surface area contributed by atoms with Crippen molar-refractivity contribution in [2.45, 2.75) is 57.7 Å². The Hall–Kier alpha value is -0.780. The third-order valence-corrected chi connectivity index (χ3v) is 2.53. The number of alkyl halides is 3. The highest BCUT2D eigenvalue weighted by atomic mass is 19.4. The van der Waals surface area contributed by atoms with E-state index in [0.717, 1.165) is 6.04 Å². The Morgan fingerprint density at radius 3 is 2.12 bits per heavy atom. The summed E-state index contributed by atoms with van der Waals surface area (Å²) in [7, 11) is 0. The minimum absolute atomic E-state index is 0.855. The molecule has 1 aliphatic carbocycles. The number of nitrogens with one attached hydrogen (secondary N) is 1. The van der Waals surface area contributed by atoms with Gasteiger partial charge in [0.1, 0.15) is 0 Å². The van der Waals surface area contributed by atoms with Crippen LogP contribution in [-0.2, 0) is 4.79 Å². The van der Waals surface area contributed by atoms with E-state index in [1.807, 2.05) is 0 Å². The van der Waals surface area contributed by atoms with Gasteiger partial charge in [-0.1, -0.05) is 26.2 Å². The molecule has 0 heterocycles. The highest BCUT2D eigenvalue weighted by Crippen LogP contribution is 2.17. The summed E-state index contributed by atoms with van der Waals surface area (Å²) < 4.78 is 31.7. The first-order valence-corrected chi connectivity index (χ1v) is 5.91. The second-order valence-corrected chi connectivity index (χ2v) is 4.09. The molecule has 0 aliphatic heterocycles. The first-order chi connectivity index (χ1) is 7.88. The summed E-state index contributed by atoms with van der Waals surface area (Å²) in [5, 5.41) is 10.7. The first kappa shape index (κ1) is 16.2. The van der Waals surface area contributed by atoms with E-state index in [1.165, 1.54) is 45.1 Å². The van der Waals surface area contributed by atoms with Gasteiger partial charge in [0.15, 0.2) is 0 Å². The lowest BCUT2D eigenvalue weighted by molar-refractivity contribution is -0.192. The Kier molecular flexibility index (Phi) is 7.95. The van der Waals surface area contributed by atoms with Crippen molar-refractivity contribution in [3.8, 4) is 0 Å². The van der Waals surface area contributed by atoms with E-state index < -0.39 is 12.1 Å². The lowest BCUT2D eigenvalue weighted by Gasteiger charge is -2.22. The van der Waals surface area contributed by atoms with Gasteiger partial charge in [-0.15, -0.1) is 0 Å². The third-order valence-electron chi connectivity index (χ3n) is 2.53. The van der Waals surface area contributed by atoms with Crippen LogP contribution in [0.1, 0.15) is 45.4 Å². The van der Waals surface area contributed by atoms with Gasteiger partial charge in [0.2, 0.25) is 0 Å². The van der Waals surface area contributed by atoms with Crippen LogP contribution in [-0.4, -0.2) is 29.8 Å². The van der Waals surface area contributed by atoms with Crippen molar-refractivity contribution < 1.29 is 23.1 Å². The molecule has 6 heteroatoms. The van der Waals surface area contributed by atoms with Crippen LogP contribution in [0.5, 0.6) is 0 Å². The van der Waals surface area contributed by atoms with Crippen molar-refractivity contribution in [3.05, 3.63) is 0 Å². The van der Waals surface area contributed by atoms with E-state index in [4.69, 9.17) is 9.90 Å². The molecule has 0 atom stereocenters. The van der Waals surface area contributed by atoms with E-state index in [1.54, 1.807) is 0 Å². The van der Waals surface area contributed by atoms with Crippen LogP contribution >= 0.6 is 0 Å². The Morgan fingerprint density at radius 1 is 1.29 bits per heavy atom. The summed E-state index contributed by atoms with van der Waals surface area (Å²) in [5.74, 6) is -2.76. The van der Waals surface area contributed by atoms with Gasteiger partial charge in [-0.25, -0.2) is 4.79 Å². The molecule has 0 aromatic rings. The van der Waals surface area contributed by atoms with Crippen LogP contribution in [0.3, 0.4) is 0 Å². The predicted molar refractivity (Wildman–Crippen MR) is 58.9 cm³/mol. The molecule has 3 nitrogen and oxygen atoms in total. The molecule has 1 rings (SSSR count). The zero-order valence-corrected chi connectivity index (χ0v) is 10.0. The van der Waals surface area contributed by atoms with Crippen LogP contribution in [0, 0.1) is 0 Å². The lowest BCUT2D eigenvalue weighted by Crippen LogP contribution is -2.31. The number of aliphatic carboxylic acids is 1. The Balaban J connectivity index is 0.000000325.